The van der Waals surface area contributed by atoms with Crippen LogP contribution in [0.25, 0.3) is 0 Å². The highest BCUT2D eigenvalue weighted by molar-refractivity contribution is 5.96. The molecule has 186 valence electrons. The van der Waals surface area contributed by atoms with Gasteiger partial charge in [-0.05, 0) is 49.5 Å². The molecule has 1 saturated heterocycles. The van der Waals surface area contributed by atoms with E-state index in [1.54, 1.807) is 4.90 Å². The van der Waals surface area contributed by atoms with E-state index in [-0.39, 0.29) is 36.8 Å². The van der Waals surface area contributed by atoms with E-state index in [9.17, 15) is 9.90 Å². The van der Waals surface area contributed by atoms with Gasteiger partial charge in [0.2, 0.25) is 5.88 Å². The second-order valence-electron chi connectivity index (χ2n) is 9.12. The lowest BCUT2D eigenvalue weighted by atomic mass is 9.99. The number of β-amino-alcohol motifs (C(OH)–C–C–N with tert-alkyl or cyclic N) is 1. The molecule has 34 heavy (non-hydrogen) atoms. The predicted octanol–water partition coefficient (Wildman–Crippen LogP) is 2.47. The summed E-state index contributed by atoms with van der Waals surface area (Å²) < 4.78 is 6.04. The fourth-order valence-electron chi connectivity index (χ4n) is 5.02. The Hall–Kier alpha value is -1.90. The second-order valence-corrected chi connectivity index (χ2v) is 9.12. The first-order valence-corrected chi connectivity index (χ1v) is 11.8. The molecule has 0 bridgehead atoms. The van der Waals surface area contributed by atoms with Crippen molar-refractivity contribution in [1.29, 1.82) is 0 Å². The molecule has 2 N–H and O–H groups in total. The molecule has 7 nitrogen and oxygen atoms in total. The molecule has 5 rings (SSSR count). The van der Waals surface area contributed by atoms with Crippen LogP contribution in [0.3, 0.4) is 0 Å². The number of hydrogen-bond donors (Lipinski definition) is 2. The molecule has 0 aliphatic carbocycles. The van der Waals surface area contributed by atoms with Gasteiger partial charge in [0.25, 0.3) is 5.91 Å². The summed E-state index contributed by atoms with van der Waals surface area (Å²) in [6.07, 6.45) is 3.27. The van der Waals surface area contributed by atoms with Crippen LogP contribution >= 0.6 is 24.8 Å². The van der Waals surface area contributed by atoms with E-state index in [1.165, 1.54) is 11.1 Å². The summed E-state index contributed by atoms with van der Waals surface area (Å²) in [5, 5.41) is 14.1. The highest BCUT2D eigenvalue weighted by Gasteiger charge is 2.28. The Bertz CT molecular complexity index is 971. The quantitative estimate of drug-likeness (QED) is 0.623. The molecule has 4 heterocycles. The molecular formula is C25H34Cl2N4O3. The van der Waals surface area contributed by atoms with Crippen molar-refractivity contribution in [3.8, 4) is 5.88 Å². The van der Waals surface area contributed by atoms with Crippen LogP contribution in [0.2, 0.25) is 0 Å². The van der Waals surface area contributed by atoms with E-state index in [1.807, 2.05) is 12.1 Å². The Labute approximate surface area is 213 Å². The average molecular weight is 509 g/mol. The lowest BCUT2D eigenvalue weighted by molar-refractivity contribution is 0.0490. The zero-order chi connectivity index (χ0) is 21.9. The third-order valence-electron chi connectivity index (χ3n) is 6.77. The summed E-state index contributed by atoms with van der Waals surface area (Å²) in [6, 6.07) is 12.1. The van der Waals surface area contributed by atoms with Crippen molar-refractivity contribution < 1.29 is 14.6 Å². The topological polar surface area (TPSA) is 77.9 Å². The number of nitrogens with one attached hydrogen (secondary N) is 1. The average Bonchev–Trinajstić information content (AvgIpc) is 2.81. The predicted molar refractivity (Wildman–Crippen MR) is 136 cm³/mol. The summed E-state index contributed by atoms with van der Waals surface area (Å²) in [4.78, 5) is 21.7. The summed E-state index contributed by atoms with van der Waals surface area (Å²) in [6.45, 7) is 5.23. The third kappa shape index (κ3) is 6.20. The lowest BCUT2D eigenvalue weighted by Gasteiger charge is -2.33. The van der Waals surface area contributed by atoms with E-state index in [0.29, 0.717) is 37.5 Å². The zero-order valence-electron chi connectivity index (χ0n) is 19.3. The number of fused-ring (bicyclic) bond motifs is 2. The monoisotopic (exact) mass is 508 g/mol. The molecule has 3 aliphatic heterocycles. The summed E-state index contributed by atoms with van der Waals surface area (Å²) >= 11 is 0. The van der Waals surface area contributed by atoms with Crippen molar-refractivity contribution in [2.75, 3.05) is 39.3 Å². The Morgan fingerprint density at radius 3 is 2.59 bits per heavy atom. The van der Waals surface area contributed by atoms with E-state index >= 15 is 0 Å². The van der Waals surface area contributed by atoms with Crippen LogP contribution < -0.4 is 10.1 Å². The van der Waals surface area contributed by atoms with Crippen LogP contribution in [0.1, 0.15) is 40.0 Å². The van der Waals surface area contributed by atoms with E-state index in [2.05, 4.69) is 39.5 Å². The van der Waals surface area contributed by atoms with Gasteiger partial charge >= 0.3 is 0 Å². The van der Waals surface area contributed by atoms with Crippen molar-refractivity contribution in [2.45, 2.75) is 44.4 Å². The van der Waals surface area contributed by atoms with Gasteiger partial charge in [-0.1, -0.05) is 24.3 Å². The van der Waals surface area contributed by atoms with Crippen molar-refractivity contribution in [2.24, 2.45) is 0 Å². The molecule has 0 saturated carbocycles. The number of halogens is 2. The van der Waals surface area contributed by atoms with Crippen LogP contribution in [0, 0.1) is 0 Å². The molecular weight excluding hydrogens is 475 g/mol. The van der Waals surface area contributed by atoms with Gasteiger partial charge < -0.3 is 20.1 Å². The Balaban J connectivity index is 0.00000162. The number of nitrogens with zero attached hydrogens (tertiary/aromatic N) is 3. The molecule has 1 aromatic carbocycles. The number of aromatic nitrogens is 1. The van der Waals surface area contributed by atoms with Crippen LogP contribution in [0.4, 0.5) is 0 Å². The minimum atomic E-state index is -0.568. The largest absolute Gasteiger partial charge is 0.474 e. The molecule has 1 fully saturated rings. The minimum Gasteiger partial charge on any atom is -0.474 e. The number of amides is 1. The molecule has 9 heteroatoms. The van der Waals surface area contributed by atoms with Gasteiger partial charge in [-0.2, -0.15) is 0 Å². The number of carbonyl (C=O) groups is 1. The smallest absolute Gasteiger partial charge is 0.255 e. The van der Waals surface area contributed by atoms with Crippen LogP contribution in [-0.4, -0.2) is 77.3 Å². The maximum atomic E-state index is 13.0. The third-order valence-corrected chi connectivity index (χ3v) is 6.77. The lowest BCUT2D eigenvalue weighted by Crippen LogP contribution is -2.46. The summed E-state index contributed by atoms with van der Waals surface area (Å²) in [5.41, 5.74) is 4.17. The van der Waals surface area contributed by atoms with Crippen LogP contribution in [-0.2, 0) is 19.4 Å². The van der Waals surface area contributed by atoms with Crippen LogP contribution in [0.15, 0.2) is 36.4 Å². The highest BCUT2D eigenvalue weighted by Crippen LogP contribution is 2.23. The maximum Gasteiger partial charge on any atom is 0.255 e. The van der Waals surface area contributed by atoms with Gasteiger partial charge in [-0.15, -0.1) is 24.8 Å². The molecule has 1 amide bonds. The number of piperidine rings is 1. The fourth-order valence-corrected chi connectivity index (χ4v) is 5.02. The van der Waals surface area contributed by atoms with Gasteiger partial charge in [0.15, 0.2) is 0 Å². The standard InChI is InChI=1S/C25H32N4O3.2ClH/c30-20(16-28-13-9-18-3-1-2-4-19(18)15-28)17-29-14-10-23-22(25(29)31)5-6-24(27-23)32-21-7-11-26-12-8-21;;/h1-6,20-21,26,30H,7-17H2;2*1H/t20-;;/m1../s1. The van der Waals surface area contributed by atoms with Gasteiger partial charge in [-0.3, -0.25) is 9.69 Å². The van der Waals surface area contributed by atoms with E-state index in [0.717, 1.165) is 51.1 Å². The van der Waals surface area contributed by atoms with Crippen molar-refractivity contribution in [3.05, 3.63) is 58.8 Å². The number of ether oxygens (including phenoxy) is 1. The molecule has 0 radical (unpaired) electrons. The Morgan fingerprint density at radius 2 is 1.79 bits per heavy atom. The summed E-state index contributed by atoms with van der Waals surface area (Å²) in [7, 11) is 0. The number of benzene rings is 1. The first-order valence-electron chi connectivity index (χ1n) is 11.8. The Kier molecular flexibility index (Phi) is 9.56. The van der Waals surface area contributed by atoms with Crippen LogP contribution in [0.5, 0.6) is 5.88 Å². The number of hydrogen-bond acceptors (Lipinski definition) is 6. The molecule has 1 aromatic heterocycles. The van der Waals surface area contributed by atoms with Crippen molar-refractivity contribution >= 4 is 30.7 Å². The number of rotatable bonds is 6. The molecule has 2 aromatic rings. The molecule has 1 atom stereocenters. The number of carbonyl (C=O) groups excluding carboxylic acids is 1. The SMILES string of the molecule is Cl.Cl.O=C1c2ccc(OC3CCNCC3)nc2CCN1C[C@H](O)CN1CCc2ccccc2C1. The number of aliphatic hydroxyl groups is 1. The minimum absolute atomic E-state index is 0. The second kappa shape index (κ2) is 12.2. The molecule has 3 aliphatic rings. The first-order chi connectivity index (χ1) is 15.7. The normalized spacial score (nSPS) is 19.3. The summed E-state index contributed by atoms with van der Waals surface area (Å²) in [5.74, 6) is 0.567. The van der Waals surface area contributed by atoms with E-state index in [4.69, 9.17) is 4.74 Å². The van der Waals surface area contributed by atoms with Gasteiger partial charge in [-0.25, -0.2) is 4.98 Å². The number of pyridine rings is 1. The van der Waals surface area contributed by atoms with Gasteiger partial charge in [0.1, 0.15) is 6.10 Å². The highest BCUT2D eigenvalue weighted by atomic mass is 35.5. The van der Waals surface area contributed by atoms with Gasteiger partial charge in [0, 0.05) is 45.2 Å². The van der Waals surface area contributed by atoms with E-state index < -0.39 is 6.10 Å². The molecule has 0 unspecified atom stereocenters. The maximum absolute atomic E-state index is 13.0. The Morgan fingerprint density at radius 1 is 1.03 bits per heavy atom. The van der Waals surface area contributed by atoms with Gasteiger partial charge in [0.05, 0.1) is 17.4 Å². The van der Waals surface area contributed by atoms with Crippen molar-refractivity contribution in [1.82, 2.24) is 20.1 Å². The first kappa shape index (κ1) is 26.7. The number of aliphatic hydroxyl groups excluding tert-OH is 1. The zero-order valence-corrected chi connectivity index (χ0v) is 21.0. The fraction of sp³-hybridized carbons (Fsp3) is 0.520. The molecule has 0 spiro atoms. The van der Waals surface area contributed by atoms with Crippen molar-refractivity contribution in [3.63, 3.8) is 0 Å².